The predicted molar refractivity (Wildman–Crippen MR) is 82.3 cm³/mol. The fraction of sp³-hybridized carbons (Fsp3) is 0.267. The summed E-state index contributed by atoms with van der Waals surface area (Å²) in [5.74, 6) is -0.0966. The summed E-state index contributed by atoms with van der Waals surface area (Å²) in [4.78, 5) is 23.3. The van der Waals surface area contributed by atoms with E-state index in [4.69, 9.17) is 5.26 Å². The van der Waals surface area contributed by atoms with Gasteiger partial charge in [0.1, 0.15) is 0 Å². The maximum Gasteiger partial charge on any atom is 0.307 e. The molecule has 0 aliphatic rings. The fourth-order valence-electron chi connectivity index (χ4n) is 1.92. The third kappa shape index (κ3) is 4.04. The summed E-state index contributed by atoms with van der Waals surface area (Å²) in [7, 11) is 0. The van der Waals surface area contributed by atoms with Crippen molar-refractivity contribution >= 4 is 22.9 Å². The summed E-state index contributed by atoms with van der Waals surface area (Å²) in [5.41, 5.74) is 2.15. The second kappa shape index (κ2) is 6.86. The lowest BCUT2D eigenvalue weighted by atomic mass is 10.2. The van der Waals surface area contributed by atoms with Gasteiger partial charge in [-0.2, -0.15) is 5.26 Å². The van der Waals surface area contributed by atoms with E-state index in [9.17, 15) is 9.59 Å². The number of hydrogen-bond acceptors (Lipinski definition) is 4. The highest BCUT2D eigenvalue weighted by Gasteiger charge is 2.05. The van der Waals surface area contributed by atoms with Gasteiger partial charge in [0.05, 0.1) is 11.6 Å². The van der Waals surface area contributed by atoms with Crippen molar-refractivity contribution in [3.63, 3.8) is 0 Å². The minimum atomic E-state index is -0.0966. The Morgan fingerprint density at radius 1 is 1.38 bits per heavy atom. The van der Waals surface area contributed by atoms with Crippen molar-refractivity contribution in [3.05, 3.63) is 50.6 Å². The van der Waals surface area contributed by atoms with Crippen LogP contribution >= 0.6 is 11.3 Å². The first-order valence-corrected chi connectivity index (χ1v) is 7.43. The smallest absolute Gasteiger partial charge is 0.307 e. The lowest BCUT2D eigenvalue weighted by molar-refractivity contribution is -0.116. The maximum absolute atomic E-state index is 11.8. The van der Waals surface area contributed by atoms with Gasteiger partial charge in [0.2, 0.25) is 5.91 Å². The van der Waals surface area contributed by atoms with Crippen LogP contribution in [0.25, 0.3) is 0 Å². The van der Waals surface area contributed by atoms with Crippen LogP contribution in [0.5, 0.6) is 0 Å². The number of carbonyl (C=O) groups is 1. The number of carbonyl (C=O) groups excluding carboxylic acids is 1. The van der Waals surface area contributed by atoms with Gasteiger partial charge in [-0.05, 0) is 37.6 Å². The van der Waals surface area contributed by atoms with Crippen LogP contribution in [0.1, 0.15) is 24.1 Å². The molecule has 0 bridgehead atoms. The zero-order valence-electron chi connectivity index (χ0n) is 11.6. The van der Waals surface area contributed by atoms with E-state index in [0.29, 0.717) is 30.6 Å². The Bertz CT molecular complexity index is 723. The van der Waals surface area contributed by atoms with E-state index in [0.717, 1.165) is 5.69 Å². The molecular formula is C15H15N3O2S. The molecule has 1 N–H and O–H groups in total. The van der Waals surface area contributed by atoms with Crippen molar-refractivity contribution in [2.45, 2.75) is 26.3 Å². The molecule has 2 aromatic rings. The number of aryl methyl sites for hydroxylation is 1. The Kier molecular flexibility index (Phi) is 4.90. The van der Waals surface area contributed by atoms with E-state index in [1.165, 1.54) is 11.3 Å². The molecule has 0 saturated carbocycles. The first-order chi connectivity index (χ1) is 10.1. The van der Waals surface area contributed by atoms with E-state index < -0.39 is 0 Å². The van der Waals surface area contributed by atoms with Gasteiger partial charge in [-0.3, -0.25) is 9.59 Å². The van der Waals surface area contributed by atoms with Gasteiger partial charge in [0.25, 0.3) is 0 Å². The molecule has 0 saturated heterocycles. The SMILES string of the molecule is Cc1csc(=O)n1CCCC(=O)Nc1ccc(C#N)cc1. The highest BCUT2D eigenvalue weighted by molar-refractivity contribution is 7.07. The Labute approximate surface area is 126 Å². The summed E-state index contributed by atoms with van der Waals surface area (Å²) >= 11 is 1.18. The van der Waals surface area contributed by atoms with Crippen LogP contribution in [0.4, 0.5) is 5.69 Å². The van der Waals surface area contributed by atoms with Crippen molar-refractivity contribution in [1.82, 2.24) is 4.57 Å². The van der Waals surface area contributed by atoms with Crippen LogP contribution < -0.4 is 10.2 Å². The first kappa shape index (κ1) is 15.0. The highest BCUT2D eigenvalue weighted by atomic mass is 32.1. The largest absolute Gasteiger partial charge is 0.326 e. The summed E-state index contributed by atoms with van der Waals surface area (Å²) in [5, 5.41) is 13.3. The van der Waals surface area contributed by atoms with Gasteiger partial charge >= 0.3 is 4.87 Å². The highest BCUT2D eigenvalue weighted by Crippen LogP contribution is 2.10. The zero-order valence-corrected chi connectivity index (χ0v) is 12.4. The molecule has 0 spiro atoms. The number of thiazole rings is 1. The Balaban J connectivity index is 1.82. The zero-order chi connectivity index (χ0) is 15.2. The number of rotatable bonds is 5. The number of anilines is 1. The van der Waals surface area contributed by atoms with Crippen molar-refractivity contribution in [2.75, 3.05) is 5.32 Å². The minimum absolute atomic E-state index is 0.0139. The molecule has 5 nitrogen and oxygen atoms in total. The molecule has 0 atom stereocenters. The molecule has 21 heavy (non-hydrogen) atoms. The van der Waals surface area contributed by atoms with Crippen LogP contribution in [0.15, 0.2) is 34.4 Å². The molecule has 0 aliphatic heterocycles. The quantitative estimate of drug-likeness (QED) is 0.922. The second-order valence-corrected chi connectivity index (χ2v) is 5.46. The van der Waals surface area contributed by atoms with Gasteiger partial charge in [-0.1, -0.05) is 11.3 Å². The van der Waals surface area contributed by atoms with E-state index in [-0.39, 0.29) is 10.8 Å². The number of hydrogen-bond donors (Lipinski definition) is 1. The molecule has 1 amide bonds. The average molecular weight is 301 g/mol. The fourth-order valence-corrected chi connectivity index (χ4v) is 2.69. The molecule has 0 radical (unpaired) electrons. The standard InChI is InChI=1S/C15H15N3O2S/c1-11-10-21-15(20)18(11)8-2-3-14(19)17-13-6-4-12(9-16)5-7-13/h4-7,10H,2-3,8H2,1H3,(H,17,19). The van der Waals surface area contributed by atoms with Gasteiger partial charge in [-0.15, -0.1) is 0 Å². The summed E-state index contributed by atoms with van der Waals surface area (Å²) in [6.45, 7) is 2.43. The molecule has 0 unspecified atom stereocenters. The number of benzene rings is 1. The van der Waals surface area contributed by atoms with Crippen molar-refractivity contribution < 1.29 is 4.79 Å². The van der Waals surface area contributed by atoms with E-state index >= 15 is 0 Å². The number of nitrogens with one attached hydrogen (secondary N) is 1. The van der Waals surface area contributed by atoms with Crippen LogP contribution in [0, 0.1) is 18.3 Å². The normalized spacial score (nSPS) is 10.1. The van der Waals surface area contributed by atoms with Crippen LogP contribution in [-0.2, 0) is 11.3 Å². The molecule has 0 aliphatic carbocycles. The van der Waals surface area contributed by atoms with E-state index in [2.05, 4.69) is 5.32 Å². The van der Waals surface area contributed by atoms with Crippen LogP contribution in [0.3, 0.4) is 0 Å². The molecular weight excluding hydrogens is 286 g/mol. The summed E-state index contributed by atoms with van der Waals surface area (Å²) in [6.07, 6.45) is 0.960. The lowest BCUT2D eigenvalue weighted by Gasteiger charge is -2.06. The first-order valence-electron chi connectivity index (χ1n) is 6.55. The molecule has 2 rings (SSSR count). The third-order valence-electron chi connectivity index (χ3n) is 3.06. The minimum Gasteiger partial charge on any atom is -0.326 e. The van der Waals surface area contributed by atoms with Crippen LogP contribution in [0.2, 0.25) is 0 Å². The van der Waals surface area contributed by atoms with Crippen molar-refractivity contribution in [1.29, 1.82) is 5.26 Å². The molecule has 0 fully saturated rings. The summed E-state index contributed by atoms with van der Waals surface area (Å²) in [6, 6.07) is 8.73. The van der Waals surface area contributed by atoms with E-state index in [1.807, 2.05) is 18.4 Å². The number of nitriles is 1. The number of aromatic nitrogens is 1. The van der Waals surface area contributed by atoms with Crippen molar-refractivity contribution in [2.24, 2.45) is 0 Å². The number of amides is 1. The maximum atomic E-state index is 11.8. The van der Waals surface area contributed by atoms with Gasteiger partial charge < -0.3 is 9.88 Å². The molecule has 1 heterocycles. The lowest BCUT2D eigenvalue weighted by Crippen LogP contribution is -2.17. The Morgan fingerprint density at radius 2 is 2.10 bits per heavy atom. The topological polar surface area (TPSA) is 74.9 Å². The molecule has 1 aromatic carbocycles. The predicted octanol–water partition coefficient (Wildman–Crippen LogP) is 2.51. The van der Waals surface area contributed by atoms with E-state index in [1.54, 1.807) is 28.8 Å². The average Bonchev–Trinajstić information content (AvgIpc) is 2.80. The van der Waals surface area contributed by atoms with Gasteiger partial charge in [0.15, 0.2) is 0 Å². The monoisotopic (exact) mass is 301 g/mol. The summed E-state index contributed by atoms with van der Waals surface area (Å²) < 4.78 is 1.68. The molecule has 1 aromatic heterocycles. The molecule has 108 valence electrons. The Morgan fingerprint density at radius 3 is 2.67 bits per heavy atom. The van der Waals surface area contributed by atoms with Gasteiger partial charge in [-0.25, -0.2) is 0 Å². The van der Waals surface area contributed by atoms with Crippen LogP contribution in [-0.4, -0.2) is 10.5 Å². The van der Waals surface area contributed by atoms with Gasteiger partial charge in [0, 0.05) is 29.7 Å². The van der Waals surface area contributed by atoms with Crippen molar-refractivity contribution in [3.8, 4) is 6.07 Å². The number of nitrogens with zero attached hydrogens (tertiary/aromatic N) is 2. The Hall–Kier alpha value is -2.39. The second-order valence-electron chi connectivity index (χ2n) is 4.64. The third-order valence-corrected chi connectivity index (χ3v) is 3.94. The molecule has 6 heteroatoms.